The van der Waals surface area contributed by atoms with Crippen LogP contribution in [0.3, 0.4) is 0 Å². The summed E-state index contributed by atoms with van der Waals surface area (Å²) < 4.78 is 0. The van der Waals surface area contributed by atoms with Crippen LogP contribution < -0.4 is 0 Å². The van der Waals surface area contributed by atoms with E-state index in [1.807, 2.05) is 18.7 Å². The molecule has 0 aromatic heterocycles. The molecule has 3 saturated carbocycles. The predicted octanol–water partition coefficient (Wildman–Crippen LogP) is 2.50. The number of rotatable bonds is 3. The molecule has 18 heavy (non-hydrogen) atoms. The summed E-state index contributed by atoms with van der Waals surface area (Å²) in [7, 11) is 0. The normalized spacial score (nSPS) is 33.6. The van der Waals surface area contributed by atoms with E-state index in [1.165, 1.54) is 0 Å². The Morgan fingerprint density at radius 3 is 2.39 bits per heavy atom. The molecule has 0 unspecified atom stereocenters. The first kappa shape index (κ1) is 13.6. The molecule has 3 atom stereocenters. The molecule has 1 amide bonds. The molecule has 0 radical (unpaired) electrons. The van der Waals surface area contributed by atoms with Gasteiger partial charge in [-0.15, -0.1) is 0 Å². The minimum Gasteiger partial charge on any atom is -0.343 e. The maximum absolute atomic E-state index is 12.6. The summed E-state index contributed by atoms with van der Waals surface area (Å²) in [5, 5.41) is 0. The lowest BCUT2D eigenvalue weighted by molar-refractivity contribution is -0.158. The quantitative estimate of drug-likeness (QED) is 0.723. The lowest BCUT2D eigenvalue weighted by Gasteiger charge is -2.51. The van der Waals surface area contributed by atoms with Crippen molar-refractivity contribution in [1.82, 2.24) is 4.90 Å². The molecule has 3 rings (SSSR count). The number of fused-ring (bicyclic) bond motifs is 3. The van der Waals surface area contributed by atoms with Crippen molar-refractivity contribution in [3.8, 4) is 0 Å². The Bertz CT molecular complexity index is 358. The van der Waals surface area contributed by atoms with Crippen molar-refractivity contribution in [1.29, 1.82) is 0 Å². The molecule has 0 N–H and O–H groups in total. The minimum absolute atomic E-state index is 0.0764. The SMILES string of the molecule is CCN(CC)C(=O)[C@H]1C(=O)[C@@H]2CC[C@H]1C(C)(C)C2. The van der Waals surface area contributed by atoms with Gasteiger partial charge in [0.2, 0.25) is 5.91 Å². The van der Waals surface area contributed by atoms with Crippen LogP contribution in [0.1, 0.15) is 47.0 Å². The minimum atomic E-state index is -0.354. The number of nitrogens with zero attached hydrogens (tertiary/aromatic N) is 1. The van der Waals surface area contributed by atoms with E-state index < -0.39 is 0 Å². The number of hydrogen-bond donors (Lipinski definition) is 0. The third-order valence-electron chi connectivity index (χ3n) is 5.05. The topological polar surface area (TPSA) is 37.4 Å². The molecule has 0 heterocycles. The molecule has 0 aromatic carbocycles. The highest BCUT2D eigenvalue weighted by Gasteiger charge is 2.54. The summed E-state index contributed by atoms with van der Waals surface area (Å²) in [5.41, 5.74) is 0.143. The van der Waals surface area contributed by atoms with Crippen LogP contribution in [0, 0.1) is 23.2 Å². The van der Waals surface area contributed by atoms with Crippen molar-refractivity contribution < 1.29 is 9.59 Å². The zero-order valence-electron chi connectivity index (χ0n) is 12.0. The molecule has 2 bridgehead atoms. The first-order valence-corrected chi connectivity index (χ1v) is 7.24. The number of amides is 1. The molecule has 3 heteroatoms. The Kier molecular flexibility index (Phi) is 3.52. The van der Waals surface area contributed by atoms with E-state index in [-0.39, 0.29) is 34.9 Å². The van der Waals surface area contributed by atoms with Crippen LogP contribution in [0.15, 0.2) is 0 Å². The van der Waals surface area contributed by atoms with Crippen molar-refractivity contribution >= 4 is 11.7 Å². The van der Waals surface area contributed by atoms with Gasteiger partial charge in [-0.05, 0) is 44.4 Å². The van der Waals surface area contributed by atoms with Crippen molar-refractivity contribution in [2.45, 2.75) is 47.0 Å². The Balaban J connectivity index is 2.26. The zero-order valence-corrected chi connectivity index (χ0v) is 12.0. The van der Waals surface area contributed by atoms with E-state index in [0.717, 1.165) is 19.3 Å². The van der Waals surface area contributed by atoms with Gasteiger partial charge in [-0.2, -0.15) is 0 Å². The average Bonchev–Trinajstić information content (AvgIpc) is 2.31. The second-order valence-electron chi connectivity index (χ2n) is 6.46. The van der Waals surface area contributed by atoms with E-state index in [4.69, 9.17) is 0 Å². The second kappa shape index (κ2) is 4.67. The largest absolute Gasteiger partial charge is 0.343 e. The van der Waals surface area contributed by atoms with Crippen molar-refractivity contribution in [3.05, 3.63) is 0 Å². The van der Waals surface area contributed by atoms with Crippen LogP contribution >= 0.6 is 0 Å². The third-order valence-corrected chi connectivity index (χ3v) is 5.05. The van der Waals surface area contributed by atoms with E-state index >= 15 is 0 Å². The van der Waals surface area contributed by atoms with Crippen LogP contribution in [0.4, 0.5) is 0 Å². The first-order valence-electron chi connectivity index (χ1n) is 7.24. The van der Waals surface area contributed by atoms with Crippen LogP contribution in [0.25, 0.3) is 0 Å². The van der Waals surface area contributed by atoms with Gasteiger partial charge in [-0.25, -0.2) is 0 Å². The molecule has 3 aliphatic rings. The van der Waals surface area contributed by atoms with Gasteiger partial charge in [0, 0.05) is 19.0 Å². The fraction of sp³-hybridized carbons (Fsp3) is 0.867. The van der Waals surface area contributed by atoms with Crippen molar-refractivity contribution in [2.24, 2.45) is 23.2 Å². The Morgan fingerprint density at radius 2 is 1.89 bits per heavy atom. The molecule has 3 fully saturated rings. The summed E-state index contributed by atoms with van der Waals surface area (Å²) in [6.07, 6.45) is 3.01. The number of hydrogen-bond acceptors (Lipinski definition) is 2. The Labute approximate surface area is 110 Å². The predicted molar refractivity (Wildman–Crippen MR) is 71.0 cm³/mol. The smallest absolute Gasteiger partial charge is 0.233 e. The average molecular weight is 251 g/mol. The maximum atomic E-state index is 12.6. The molecule has 3 aliphatic carbocycles. The first-order chi connectivity index (χ1) is 8.42. The maximum Gasteiger partial charge on any atom is 0.233 e. The van der Waals surface area contributed by atoms with Gasteiger partial charge in [-0.1, -0.05) is 13.8 Å². The number of Topliss-reactive ketones (excluding diaryl/α,β-unsaturated/α-hetero) is 1. The lowest BCUT2D eigenvalue weighted by atomic mass is 9.52. The molecule has 0 aliphatic heterocycles. The van der Waals surface area contributed by atoms with E-state index in [0.29, 0.717) is 13.1 Å². The summed E-state index contributed by atoms with van der Waals surface area (Å²) in [6.45, 7) is 9.82. The fourth-order valence-corrected chi connectivity index (χ4v) is 4.00. The number of ketones is 1. The van der Waals surface area contributed by atoms with Crippen molar-refractivity contribution in [2.75, 3.05) is 13.1 Å². The van der Waals surface area contributed by atoms with Crippen LogP contribution in [-0.2, 0) is 9.59 Å². The van der Waals surface area contributed by atoms with Crippen LogP contribution in [0.2, 0.25) is 0 Å². The molecule has 0 spiro atoms. The standard InChI is InChI=1S/C15H25NO2/c1-5-16(6-2)14(18)12-11-8-7-10(13(12)17)9-15(11,3)4/h10-12H,5-9H2,1-4H3/t10-,11-,12-/m1/s1. The van der Waals surface area contributed by atoms with Gasteiger partial charge in [0.1, 0.15) is 11.7 Å². The summed E-state index contributed by atoms with van der Waals surface area (Å²) in [6, 6.07) is 0. The Morgan fingerprint density at radius 1 is 1.28 bits per heavy atom. The Hall–Kier alpha value is -0.860. The highest BCUT2D eigenvalue weighted by molar-refractivity contribution is 6.04. The third kappa shape index (κ3) is 1.98. The molecule has 3 nitrogen and oxygen atoms in total. The van der Waals surface area contributed by atoms with Crippen molar-refractivity contribution in [3.63, 3.8) is 0 Å². The molecule has 0 aromatic rings. The molecule has 0 saturated heterocycles. The second-order valence-corrected chi connectivity index (χ2v) is 6.46. The fourth-order valence-electron chi connectivity index (χ4n) is 4.00. The molecular weight excluding hydrogens is 226 g/mol. The summed E-state index contributed by atoms with van der Waals surface area (Å²) in [5.74, 6) is 0.333. The highest BCUT2D eigenvalue weighted by Crippen LogP contribution is 2.53. The van der Waals surface area contributed by atoms with Crippen LogP contribution in [0.5, 0.6) is 0 Å². The highest BCUT2D eigenvalue weighted by atomic mass is 16.2. The number of carbonyl (C=O) groups is 2. The molecule has 102 valence electrons. The summed E-state index contributed by atoms with van der Waals surface area (Å²) >= 11 is 0. The van der Waals surface area contributed by atoms with Gasteiger partial charge < -0.3 is 4.90 Å². The van der Waals surface area contributed by atoms with Gasteiger partial charge in [-0.3, -0.25) is 9.59 Å². The van der Waals surface area contributed by atoms with Gasteiger partial charge in [0.05, 0.1) is 0 Å². The monoisotopic (exact) mass is 251 g/mol. The summed E-state index contributed by atoms with van der Waals surface area (Å²) in [4.78, 5) is 26.8. The molecular formula is C15H25NO2. The lowest BCUT2D eigenvalue weighted by Crippen LogP contribution is -2.55. The van der Waals surface area contributed by atoms with Gasteiger partial charge in [0.15, 0.2) is 0 Å². The van der Waals surface area contributed by atoms with Crippen LogP contribution in [-0.4, -0.2) is 29.7 Å². The van der Waals surface area contributed by atoms with E-state index in [9.17, 15) is 9.59 Å². The van der Waals surface area contributed by atoms with E-state index in [1.54, 1.807) is 0 Å². The van der Waals surface area contributed by atoms with E-state index in [2.05, 4.69) is 13.8 Å². The zero-order chi connectivity index (χ0) is 13.5. The van der Waals surface area contributed by atoms with Gasteiger partial charge >= 0.3 is 0 Å². The number of carbonyl (C=O) groups excluding carboxylic acids is 2. The van der Waals surface area contributed by atoms with Gasteiger partial charge in [0.25, 0.3) is 0 Å².